The Bertz CT molecular complexity index is 490. The lowest BCUT2D eigenvalue weighted by Crippen LogP contribution is -2.62. The molecule has 0 unspecified atom stereocenters. The molecule has 0 saturated carbocycles. The van der Waals surface area contributed by atoms with Crippen molar-refractivity contribution in [2.45, 2.75) is 39.2 Å². The highest BCUT2D eigenvalue weighted by atomic mass is 16.6. The number of ether oxygens (including phenoxy) is 1. The van der Waals surface area contributed by atoms with Crippen molar-refractivity contribution in [2.75, 3.05) is 31.1 Å². The molecule has 2 saturated heterocycles. The Morgan fingerprint density at radius 3 is 2.52 bits per heavy atom. The fourth-order valence-corrected chi connectivity index (χ4v) is 3.19. The number of piperidine rings is 1. The molecule has 1 spiro atoms. The van der Waals surface area contributed by atoms with E-state index in [1.165, 1.54) is 0 Å². The SMILES string of the molecule is CC(C)(C)OC(=O)N1CC2(CCN(c3cn[nH]c3)CC2)C1. The Hall–Kier alpha value is -1.72. The van der Waals surface area contributed by atoms with Crippen LogP contribution in [0.15, 0.2) is 12.4 Å². The zero-order chi connectivity index (χ0) is 15.1. The minimum atomic E-state index is -0.412. The van der Waals surface area contributed by atoms with Gasteiger partial charge in [-0.1, -0.05) is 0 Å². The Morgan fingerprint density at radius 2 is 2.00 bits per heavy atom. The number of carbonyl (C=O) groups excluding carboxylic acids is 1. The van der Waals surface area contributed by atoms with Crippen LogP contribution in [0.2, 0.25) is 0 Å². The first kappa shape index (κ1) is 14.2. The number of hydrogen-bond donors (Lipinski definition) is 1. The first-order chi connectivity index (χ1) is 9.87. The van der Waals surface area contributed by atoms with E-state index < -0.39 is 5.60 Å². The fourth-order valence-electron chi connectivity index (χ4n) is 3.19. The number of amides is 1. The van der Waals surface area contributed by atoms with Gasteiger partial charge in [-0.15, -0.1) is 0 Å². The van der Waals surface area contributed by atoms with Gasteiger partial charge in [-0.25, -0.2) is 4.79 Å². The average Bonchev–Trinajstić information content (AvgIpc) is 2.87. The molecular formula is C15H24N4O2. The van der Waals surface area contributed by atoms with E-state index >= 15 is 0 Å². The van der Waals surface area contributed by atoms with E-state index in [4.69, 9.17) is 4.74 Å². The van der Waals surface area contributed by atoms with Gasteiger partial charge in [-0.05, 0) is 33.6 Å². The highest BCUT2D eigenvalue weighted by molar-refractivity contribution is 5.69. The standard InChI is InChI=1S/C15H24N4O2/c1-14(2,3)21-13(20)19-10-15(11-19)4-6-18(7-5-15)12-8-16-17-9-12/h8-9H,4-7,10-11H2,1-3H3,(H,16,17). The van der Waals surface area contributed by atoms with E-state index in [2.05, 4.69) is 15.1 Å². The minimum absolute atomic E-state index is 0.176. The molecular weight excluding hydrogens is 268 g/mol. The normalized spacial score (nSPS) is 21.3. The molecule has 1 aromatic rings. The van der Waals surface area contributed by atoms with Crippen LogP contribution in [0.5, 0.6) is 0 Å². The summed E-state index contributed by atoms with van der Waals surface area (Å²) in [7, 11) is 0. The quantitative estimate of drug-likeness (QED) is 0.862. The maximum Gasteiger partial charge on any atom is 0.410 e. The predicted octanol–water partition coefficient (Wildman–Crippen LogP) is 2.25. The molecule has 2 aliphatic rings. The minimum Gasteiger partial charge on any atom is -0.444 e. The molecule has 0 bridgehead atoms. The number of rotatable bonds is 1. The Kier molecular flexibility index (Phi) is 3.34. The van der Waals surface area contributed by atoms with Gasteiger partial charge >= 0.3 is 6.09 Å². The van der Waals surface area contributed by atoms with Crippen molar-refractivity contribution in [3.8, 4) is 0 Å². The van der Waals surface area contributed by atoms with Gasteiger partial charge in [0.25, 0.3) is 0 Å². The molecule has 0 aliphatic carbocycles. The second-order valence-corrected chi connectivity index (χ2v) is 7.28. The number of nitrogens with one attached hydrogen (secondary N) is 1. The third-order valence-electron chi connectivity index (χ3n) is 4.38. The maximum atomic E-state index is 12.0. The van der Waals surface area contributed by atoms with Gasteiger partial charge in [0.15, 0.2) is 0 Å². The predicted molar refractivity (Wildman–Crippen MR) is 80.3 cm³/mol. The van der Waals surface area contributed by atoms with Crippen molar-refractivity contribution in [3.05, 3.63) is 12.4 Å². The number of nitrogens with zero attached hydrogens (tertiary/aromatic N) is 3. The van der Waals surface area contributed by atoms with Crippen LogP contribution in [0.1, 0.15) is 33.6 Å². The van der Waals surface area contributed by atoms with E-state index in [1.807, 2.05) is 38.1 Å². The molecule has 2 fully saturated rings. The maximum absolute atomic E-state index is 12.0. The Labute approximate surface area is 125 Å². The van der Waals surface area contributed by atoms with Gasteiger partial charge in [0, 0.05) is 37.8 Å². The first-order valence-electron chi connectivity index (χ1n) is 7.59. The monoisotopic (exact) mass is 292 g/mol. The van der Waals surface area contributed by atoms with Crippen molar-refractivity contribution in [3.63, 3.8) is 0 Å². The lowest BCUT2D eigenvalue weighted by Gasteiger charge is -2.53. The molecule has 0 atom stereocenters. The van der Waals surface area contributed by atoms with Gasteiger partial charge in [0.05, 0.1) is 11.9 Å². The highest BCUT2D eigenvalue weighted by Gasteiger charge is 2.47. The van der Waals surface area contributed by atoms with Crippen LogP contribution in [0, 0.1) is 5.41 Å². The first-order valence-corrected chi connectivity index (χ1v) is 7.59. The number of carbonyl (C=O) groups is 1. The summed E-state index contributed by atoms with van der Waals surface area (Å²) < 4.78 is 5.42. The lowest BCUT2D eigenvalue weighted by atomic mass is 9.72. The smallest absolute Gasteiger partial charge is 0.410 e. The van der Waals surface area contributed by atoms with E-state index in [9.17, 15) is 4.79 Å². The van der Waals surface area contributed by atoms with Gasteiger partial charge in [-0.3, -0.25) is 5.10 Å². The number of aromatic amines is 1. The summed E-state index contributed by atoms with van der Waals surface area (Å²) >= 11 is 0. The van der Waals surface area contributed by atoms with Crippen molar-refractivity contribution in [1.29, 1.82) is 0 Å². The van der Waals surface area contributed by atoms with Crippen LogP contribution in [0.25, 0.3) is 0 Å². The van der Waals surface area contributed by atoms with Crippen molar-refractivity contribution < 1.29 is 9.53 Å². The highest BCUT2D eigenvalue weighted by Crippen LogP contribution is 2.41. The summed E-state index contributed by atoms with van der Waals surface area (Å²) in [6.07, 6.45) is 5.87. The van der Waals surface area contributed by atoms with E-state index in [0.29, 0.717) is 5.41 Å². The molecule has 6 heteroatoms. The van der Waals surface area contributed by atoms with Gasteiger partial charge in [-0.2, -0.15) is 5.10 Å². The second kappa shape index (κ2) is 4.93. The molecule has 0 radical (unpaired) electrons. The molecule has 21 heavy (non-hydrogen) atoms. The van der Waals surface area contributed by atoms with Crippen molar-refractivity contribution >= 4 is 11.8 Å². The van der Waals surface area contributed by atoms with Gasteiger partial charge in [0.1, 0.15) is 5.60 Å². The van der Waals surface area contributed by atoms with E-state index in [0.717, 1.165) is 44.7 Å². The van der Waals surface area contributed by atoms with E-state index in [-0.39, 0.29) is 6.09 Å². The third-order valence-corrected chi connectivity index (χ3v) is 4.38. The number of anilines is 1. The topological polar surface area (TPSA) is 61.5 Å². The van der Waals surface area contributed by atoms with E-state index in [1.54, 1.807) is 0 Å². The zero-order valence-electron chi connectivity index (χ0n) is 13.1. The van der Waals surface area contributed by atoms with Crippen LogP contribution in [-0.4, -0.2) is 53.0 Å². The molecule has 2 aliphatic heterocycles. The molecule has 0 aromatic carbocycles. The fraction of sp³-hybridized carbons (Fsp3) is 0.733. The van der Waals surface area contributed by atoms with Gasteiger partial charge < -0.3 is 14.5 Å². The number of aromatic nitrogens is 2. The summed E-state index contributed by atoms with van der Waals surface area (Å²) in [5.41, 5.74) is 1.05. The number of likely N-dealkylation sites (tertiary alicyclic amines) is 1. The molecule has 1 N–H and O–H groups in total. The molecule has 116 valence electrons. The molecule has 1 aromatic heterocycles. The summed E-state index contributed by atoms with van der Waals surface area (Å²) in [5.74, 6) is 0. The van der Waals surface area contributed by atoms with Crippen LogP contribution < -0.4 is 4.90 Å². The largest absolute Gasteiger partial charge is 0.444 e. The number of H-pyrrole nitrogens is 1. The average molecular weight is 292 g/mol. The van der Waals surface area contributed by atoms with Crippen LogP contribution in [0.3, 0.4) is 0 Å². The summed E-state index contributed by atoms with van der Waals surface area (Å²) in [6.45, 7) is 9.45. The molecule has 3 heterocycles. The summed E-state index contributed by atoms with van der Waals surface area (Å²) in [6, 6.07) is 0. The van der Waals surface area contributed by atoms with Crippen molar-refractivity contribution in [2.24, 2.45) is 5.41 Å². The zero-order valence-corrected chi connectivity index (χ0v) is 13.1. The lowest BCUT2D eigenvalue weighted by molar-refractivity contribution is -0.0434. The Balaban J connectivity index is 1.49. The van der Waals surface area contributed by atoms with Crippen molar-refractivity contribution in [1.82, 2.24) is 15.1 Å². The Morgan fingerprint density at radius 1 is 1.33 bits per heavy atom. The molecule has 1 amide bonds. The second-order valence-electron chi connectivity index (χ2n) is 7.28. The van der Waals surface area contributed by atoms with Crippen LogP contribution in [-0.2, 0) is 4.74 Å². The molecule has 3 rings (SSSR count). The summed E-state index contributed by atoms with van der Waals surface area (Å²) in [4.78, 5) is 16.2. The van der Waals surface area contributed by atoms with Gasteiger partial charge in [0.2, 0.25) is 0 Å². The van der Waals surface area contributed by atoms with Crippen LogP contribution >= 0.6 is 0 Å². The summed E-state index contributed by atoms with van der Waals surface area (Å²) in [5, 5.41) is 6.86. The van der Waals surface area contributed by atoms with Crippen LogP contribution in [0.4, 0.5) is 10.5 Å². The molecule has 6 nitrogen and oxygen atoms in total. The third kappa shape index (κ3) is 2.99. The number of hydrogen-bond acceptors (Lipinski definition) is 4.